The van der Waals surface area contributed by atoms with Crippen molar-refractivity contribution in [2.75, 3.05) is 42.5 Å². The van der Waals surface area contributed by atoms with E-state index in [0.29, 0.717) is 34.4 Å². The van der Waals surface area contributed by atoms with Crippen LogP contribution in [0.3, 0.4) is 0 Å². The van der Waals surface area contributed by atoms with E-state index in [-0.39, 0.29) is 5.56 Å². The highest BCUT2D eigenvalue weighted by atomic mass is 32.2. The third-order valence-corrected chi connectivity index (χ3v) is 5.77. The Balaban J connectivity index is 2.00. The third kappa shape index (κ3) is 5.87. The molecule has 0 atom stereocenters. The van der Waals surface area contributed by atoms with Gasteiger partial charge in [0, 0.05) is 19.3 Å². The van der Waals surface area contributed by atoms with E-state index < -0.39 is 15.9 Å². The molecular formula is C21H24N6O5S. The zero-order valence-electron chi connectivity index (χ0n) is 18.5. The molecule has 0 saturated heterocycles. The van der Waals surface area contributed by atoms with Gasteiger partial charge in [0.25, 0.3) is 5.91 Å². The Morgan fingerprint density at radius 1 is 0.970 bits per heavy atom. The summed E-state index contributed by atoms with van der Waals surface area (Å²) in [6, 6.07) is 11.9. The van der Waals surface area contributed by atoms with Gasteiger partial charge in [0.05, 0.1) is 49.3 Å². The Labute approximate surface area is 191 Å². The summed E-state index contributed by atoms with van der Waals surface area (Å²) in [5.74, 6) is 0.989. The number of nitrogens with zero attached hydrogens (tertiary/aromatic N) is 3. The van der Waals surface area contributed by atoms with Crippen molar-refractivity contribution in [3.05, 3.63) is 60.4 Å². The van der Waals surface area contributed by atoms with Crippen LogP contribution in [0.5, 0.6) is 5.75 Å². The van der Waals surface area contributed by atoms with Crippen LogP contribution in [-0.4, -0.2) is 51.8 Å². The average molecular weight is 473 g/mol. The number of hydrogen-bond donors (Lipinski definition) is 3. The van der Waals surface area contributed by atoms with Gasteiger partial charge in [0.2, 0.25) is 10.0 Å². The maximum Gasteiger partial charge on any atom is 0.278 e. The minimum atomic E-state index is -3.51. The molecule has 3 N–H and O–H groups in total. The van der Waals surface area contributed by atoms with Crippen molar-refractivity contribution in [2.24, 2.45) is 0 Å². The van der Waals surface area contributed by atoms with Gasteiger partial charge in [-0.05, 0) is 24.3 Å². The summed E-state index contributed by atoms with van der Waals surface area (Å²) >= 11 is 0. The molecule has 0 unspecified atom stereocenters. The molecule has 0 radical (unpaired) electrons. The van der Waals surface area contributed by atoms with Gasteiger partial charge in [-0.15, -0.1) is 0 Å². The van der Waals surface area contributed by atoms with E-state index in [1.807, 2.05) is 0 Å². The summed E-state index contributed by atoms with van der Waals surface area (Å²) in [6.07, 6.45) is 4.03. The lowest BCUT2D eigenvalue weighted by atomic mass is 10.2. The molecule has 1 aromatic carbocycles. The number of carbonyl (C=O) groups is 1. The first-order valence-electron chi connectivity index (χ1n) is 9.63. The van der Waals surface area contributed by atoms with Crippen molar-refractivity contribution in [3.8, 4) is 5.75 Å². The fourth-order valence-corrected chi connectivity index (χ4v) is 3.36. The van der Waals surface area contributed by atoms with Crippen molar-refractivity contribution >= 4 is 44.6 Å². The van der Waals surface area contributed by atoms with Gasteiger partial charge < -0.3 is 15.4 Å². The largest absolute Gasteiger partial charge is 0.495 e. The Bertz CT molecular complexity index is 1230. The number of aromatic nitrogens is 2. The van der Waals surface area contributed by atoms with E-state index in [1.54, 1.807) is 55.8 Å². The number of hydrogen-bond acceptors (Lipinski definition) is 9. The molecule has 11 nitrogen and oxygen atoms in total. The maximum atomic E-state index is 12.5. The molecule has 3 rings (SSSR count). The average Bonchev–Trinajstić information content (AvgIpc) is 2.79. The van der Waals surface area contributed by atoms with E-state index in [4.69, 9.17) is 9.57 Å². The SMILES string of the molecule is CONC(=O)c1cnc(Nc2ccc(OC)cn2)cc1Nc1ccccc1N(C)S(C)(=O)=O. The molecule has 2 heterocycles. The Kier molecular flexibility index (Phi) is 7.30. The first-order chi connectivity index (χ1) is 15.7. The number of benzene rings is 1. The van der Waals surface area contributed by atoms with E-state index in [1.165, 1.54) is 20.4 Å². The molecule has 0 aliphatic carbocycles. The van der Waals surface area contributed by atoms with Gasteiger partial charge in [-0.3, -0.25) is 13.9 Å². The first kappa shape index (κ1) is 23.8. The van der Waals surface area contributed by atoms with Crippen LogP contribution >= 0.6 is 0 Å². The predicted molar refractivity (Wildman–Crippen MR) is 126 cm³/mol. The van der Waals surface area contributed by atoms with Crippen molar-refractivity contribution in [1.29, 1.82) is 0 Å². The smallest absolute Gasteiger partial charge is 0.278 e. The molecule has 174 valence electrons. The van der Waals surface area contributed by atoms with Gasteiger partial charge in [0.15, 0.2) is 0 Å². The number of carbonyl (C=O) groups excluding carboxylic acids is 1. The molecule has 0 aliphatic rings. The second-order valence-electron chi connectivity index (χ2n) is 6.83. The summed E-state index contributed by atoms with van der Waals surface area (Å²) in [7, 11) is 0.806. The molecule has 0 saturated carbocycles. The quantitative estimate of drug-likeness (QED) is 0.402. The van der Waals surface area contributed by atoms with Crippen LogP contribution in [-0.2, 0) is 14.9 Å². The maximum absolute atomic E-state index is 12.5. The fraction of sp³-hybridized carbons (Fsp3) is 0.190. The van der Waals surface area contributed by atoms with Gasteiger partial charge in [-0.2, -0.15) is 0 Å². The summed E-state index contributed by atoms with van der Waals surface area (Å²) in [6.45, 7) is 0. The number of anilines is 5. The van der Waals surface area contributed by atoms with Crippen molar-refractivity contribution in [2.45, 2.75) is 0 Å². The number of methoxy groups -OCH3 is 1. The lowest BCUT2D eigenvalue weighted by Crippen LogP contribution is -2.26. The second-order valence-corrected chi connectivity index (χ2v) is 8.85. The summed E-state index contributed by atoms with van der Waals surface area (Å²) in [5, 5.41) is 6.19. The molecule has 12 heteroatoms. The minimum absolute atomic E-state index is 0.182. The molecular weight excluding hydrogens is 448 g/mol. The lowest BCUT2D eigenvalue weighted by Gasteiger charge is -2.22. The highest BCUT2D eigenvalue weighted by Crippen LogP contribution is 2.32. The number of nitrogens with one attached hydrogen (secondary N) is 3. The standard InChI is InChI=1S/C21H24N6O5S/c1-27(33(4,29)30)18-8-6-5-7-16(18)24-17-11-20(23-13-15(17)21(28)26-32-3)25-19-10-9-14(31-2)12-22-19/h5-13H,1-4H3,(H,26,28)(H2,22,23,24,25). The van der Waals surface area contributed by atoms with Crippen molar-refractivity contribution < 1.29 is 22.8 Å². The number of para-hydroxylation sites is 2. The van der Waals surface area contributed by atoms with Crippen molar-refractivity contribution in [1.82, 2.24) is 15.4 Å². The monoisotopic (exact) mass is 472 g/mol. The zero-order valence-corrected chi connectivity index (χ0v) is 19.3. The third-order valence-electron chi connectivity index (χ3n) is 4.58. The molecule has 0 fully saturated rings. The van der Waals surface area contributed by atoms with Crippen molar-refractivity contribution in [3.63, 3.8) is 0 Å². The lowest BCUT2D eigenvalue weighted by molar-refractivity contribution is 0.0538. The van der Waals surface area contributed by atoms with Crippen LogP contribution < -0.4 is 25.2 Å². The molecule has 1 amide bonds. The number of hydroxylamine groups is 1. The molecule has 3 aromatic rings. The summed E-state index contributed by atoms with van der Waals surface area (Å²) in [5.41, 5.74) is 3.68. The van der Waals surface area contributed by atoms with Crippen LogP contribution in [0, 0.1) is 0 Å². The Morgan fingerprint density at radius 3 is 2.33 bits per heavy atom. The van der Waals surface area contributed by atoms with E-state index >= 15 is 0 Å². The van der Waals surface area contributed by atoms with Crippen LogP contribution in [0.4, 0.5) is 28.7 Å². The molecule has 0 aliphatic heterocycles. The molecule has 2 aromatic heterocycles. The fourth-order valence-electron chi connectivity index (χ4n) is 2.84. The summed E-state index contributed by atoms with van der Waals surface area (Å²) < 4.78 is 30.4. The zero-order chi connectivity index (χ0) is 24.0. The Hall–Kier alpha value is -3.90. The number of pyridine rings is 2. The molecule has 33 heavy (non-hydrogen) atoms. The highest BCUT2D eigenvalue weighted by molar-refractivity contribution is 7.92. The number of rotatable bonds is 9. The molecule has 0 bridgehead atoms. The molecule has 0 spiro atoms. The number of amides is 1. The topological polar surface area (TPSA) is 135 Å². The minimum Gasteiger partial charge on any atom is -0.495 e. The summed E-state index contributed by atoms with van der Waals surface area (Å²) in [4.78, 5) is 25.8. The Morgan fingerprint density at radius 2 is 1.70 bits per heavy atom. The highest BCUT2D eigenvalue weighted by Gasteiger charge is 2.19. The van der Waals surface area contributed by atoms with Crippen LogP contribution in [0.1, 0.15) is 10.4 Å². The van der Waals surface area contributed by atoms with Crippen LogP contribution in [0.25, 0.3) is 0 Å². The van der Waals surface area contributed by atoms with E-state index in [9.17, 15) is 13.2 Å². The van der Waals surface area contributed by atoms with Crippen LogP contribution in [0.2, 0.25) is 0 Å². The van der Waals surface area contributed by atoms with Gasteiger partial charge in [-0.1, -0.05) is 12.1 Å². The van der Waals surface area contributed by atoms with Gasteiger partial charge in [0.1, 0.15) is 17.4 Å². The number of ether oxygens (including phenoxy) is 1. The number of sulfonamides is 1. The van der Waals surface area contributed by atoms with E-state index in [2.05, 4.69) is 26.1 Å². The second kappa shape index (κ2) is 10.1. The van der Waals surface area contributed by atoms with Crippen LogP contribution in [0.15, 0.2) is 54.9 Å². The van der Waals surface area contributed by atoms with Gasteiger partial charge in [-0.25, -0.2) is 23.9 Å². The predicted octanol–water partition coefficient (Wildman–Crippen LogP) is 2.66. The van der Waals surface area contributed by atoms with E-state index in [0.717, 1.165) is 10.6 Å². The van der Waals surface area contributed by atoms with Gasteiger partial charge >= 0.3 is 0 Å². The normalized spacial score (nSPS) is 10.9. The first-order valence-corrected chi connectivity index (χ1v) is 11.5.